The van der Waals surface area contributed by atoms with Crippen molar-refractivity contribution in [3.8, 4) is 6.07 Å². The van der Waals surface area contributed by atoms with Gasteiger partial charge in [-0.05, 0) is 18.4 Å². The van der Waals surface area contributed by atoms with Crippen molar-refractivity contribution >= 4 is 22.8 Å². The number of likely N-dealkylation sites (tertiary alicyclic amines) is 1. The molecule has 0 aromatic carbocycles. The Hall–Kier alpha value is -2.96. The number of carbonyl (C=O) groups is 1. The molecule has 3 heterocycles. The van der Waals surface area contributed by atoms with Crippen LogP contribution in [0, 0.1) is 17.2 Å². The number of nitriles is 1. The van der Waals surface area contributed by atoms with Crippen LogP contribution >= 0.6 is 0 Å². The fourth-order valence-corrected chi connectivity index (χ4v) is 3.34. The molecule has 2 atom stereocenters. The molecule has 0 spiro atoms. The molecule has 3 rings (SSSR count). The molecular weight excluding hydrogens is 361 g/mol. The molecule has 0 bridgehead atoms. The van der Waals surface area contributed by atoms with Gasteiger partial charge in [-0.25, -0.2) is 9.78 Å². The van der Waals surface area contributed by atoms with Crippen LogP contribution in [0.4, 0.5) is 23.7 Å². The summed E-state index contributed by atoms with van der Waals surface area (Å²) in [6, 6.07) is 2.98. The highest BCUT2D eigenvalue weighted by atomic mass is 19.4. The summed E-state index contributed by atoms with van der Waals surface area (Å²) in [6.07, 6.45) is -0.530. The fourth-order valence-electron chi connectivity index (χ4n) is 3.34. The number of hydrogen-bond donors (Lipinski definition) is 3. The molecule has 27 heavy (non-hydrogen) atoms. The van der Waals surface area contributed by atoms with E-state index < -0.39 is 18.8 Å². The van der Waals surface area contributed by atoms with Crippen molar-refractivity contribution in [2.24, 2.45) is 5.92 Å². The number of rotatable bonds is 4. The Morgan fingerprint density at radius 1 is 1.48 bits per heavy atom. The molecule has 10 heteroatoms. The van der Waals surface area contributed by atoms with Crippen molar-refractivity contribution in [3.05, 3.63) is 24.0 Å². The maximum absolute atomic E-state index is 12.3. The highest BCUT2D eigenvalue weighted by Gasteiger charge is 2.36. The summed E-state index contributed by atoms with van der Waals surface area (Å²) in [4.78, 5) is 20.6. The molecule has 2 aromatic rings. The minimum absolute atomic E-state index is 0.0512. The second-order valence-corrected chi connectivity index (χ2v) is 6.50. The Kier molecular flexibility index (Phi) is 5.12. The van der Waals surface area contributed by atoms with E-state index in [9.17, 15) is 23.2 Å². The summed E-state index contributed by atoms with van der Waals surface area (Å²) in [6.45, 7) is 1.20. The number of carbonyl (C=O) groups excluding carboxylic acids is 1. The summed E-state index contributed by atoms with van der Waals surface area (Å²) in [7, 11) is 0. The lowest BCUT2D eigenvalue weighted by Crippen LogP contribution is -2.43. The topological polar surface area (TPSA) is 96.8 Å². The monoisotopic (exact) mass is 380 g/mol. The normalized spacial score (nSPS) is 19.9. The van der Waals surface area contributed by atoms with Crippen LogP contribution in [0.3, 0.4) is 0 Å². The van der Waals surface area contributed by atoms with Gasteiger partial charge < -0.3 is 20.5 Å². The van der Waals surface area contributed by atoms with E-state index in [4.69, 9.17) is 0 Å². The van der Waals surface area contributed by atoms with Gasteiger partial charge in [-0.15, -0.1) is 0 Å². The highest BCUT2D eigenvalue weighted by Crippen LogP contribution is 2.30. The first-order valence-electron chi connectivity index (χ1n) is 8.54. The van der Waals surface area contributed by atoms with Crippen molar-refractivity contribution < 1.29 is 18.0 Å². The molecule has 0 aliphatic carbocycles. The summed E-state index contributed by atoms with van der Waals surface area (Å²) in [5.41, 5.74) is 1.61. The van der Waals surface area contributed by atoms with Crippen LogP contribution in [0.15, 0.2) is 18.5 Å². The number of pyridine rings is 1. The maximum Gasteiger partial charge on any atom is 0.405 e. The van der Waals surface area contributed by atoms with Crippen LogP contribution in [0.5, 0.6) is 0 Å². The van der Waals surface area contributed by atoms with Gasteiger partial charge in [0, 0.05) is 36.9 Å². The zero-order valence-corrected chi connectivity index (χ0v) is 14.6. The third-order valence-corrected chi connectivity index (χ3v) is 4.73. The van der Waals surface area contributed by atoms with Crippen LogP contribution in [-0.4, -0.2) is 52.8 Å². The predicted molar refractivity (Wildman–Crippen MR) is 93.0 cm³/mol. The molecule has 7 nitrogen and oxygen atoms in total. The van der Waals surface area contributed by atoms with Crippen molar-refractivity contribution in [3.63, 3.8) is 0 Å². The van der Waals surface area contributed by atoms with Crippen LogP contribution in [-0.2, 0) is 0 Å². The SMILES string of the molecule is CC[C@@H]1CN(C(=O)NCC(F)(F)F)CC1Nc1c(C#N)cnc2[nH]ccc12. The molecule has 3 N–H and O–H groups in total. The molecule has 0 saturated carbocycles. The smallest absolute Gasteiger partial charge is 0.378 e. The minimum atomic E-state index is -4.45. The number of alkyl halides is 3. The van der Waals surface area contributed by atoms with Crippen LogP contribution < -0.4 is 10.6 Å². The molecule has 0 radical (unpaired) electrons. The number of nitrogens with one attached hydrogen (secondary N) is 3. The number of halogens is 3. The quantitative estimate of drug-likeness (QED) is 0.760. The van der Waals surface area contributed by atoms with Gasteiger partial charge in [-0.1, -0.05) is 6.92 Å². The van der Waals surface area contributed by atoms with E-state index in [0.29, 0.717) is 23.4 Å². The molecule has 1 saturated heterocycles. The number of urea groups is 1. The molecule has 1 fully saturated rings. The number of aromatic amines is 1. The third kappa shape index (κ3) is 4.07. The Labute approximate surface area is 153 Å². The number of fused-ring (bicyclic) bond motifs is 1. The molecule has 1 aliphatic rings. The zero-order valence-electron chi connectivity index (χ0n) is 14.6. The first kappa shape index (κ1) is 18.8. The number of anilines is 1. The lowest BCUT2D eigenvalue weighted by Gasteiger charge is -2.21. The molecule has 1 unspecified atom stereocenters. The maximum atomic E-state index is 12.3. The Bertz CT molecular complexity index is 872. The van der Waals surface area contributed by atoms with E-state index in [2.05, 4.69) is 21.4 Å². The number of H-pyrrole nitrogens is 1. The second kappa shape index (κ2) is 7.34. The number of hydrogen-bond acceptors (Lipinski definition) is 4. The summed E-state index contributed by atoms with van der Waals surface area (Å²) < 4.78 is 37.0. The predicted octanol–water partition coefficient (Wildman–Crippen LogP) is 2.83. The number of nitrogens with zero attached hydrogens (tertiary/aromatic N) is 3. The molecule has 2 aromatic heterocycles. The first-order valence-corrected chi connectivity index (χ1v) is 8.54. The van der Waals surface area contributed by atoms with E-state index in [0.717, 1.165) is 11.8 Å². The molecule has 2 amide bonds. The van der Waals surface area contributed by atoms with Gasteiger partial charge in [0.2, 0.25) is 0 Å². The van der Waals surface area contributed by atoms with Crippen molar-refractivity contribution in [1.82, 2.24) is 20.2 Å². The highest BCUT2D eigenvalue weighted by molar-refractivity contribution is 5.92. The number of aromatic nitrogens is 2. The van der Waals surface area contributed by atoms with Crippen molar-refractivity contribution in [1.29, 1.82) is 5.26 Å². The Morgan fingerprint density at radius 3 is 2.93 bits per heavy atom. The van der Waals surface area contributed by atoms with E-state index in [1.807, 2.05) is 12.2 Å². The van der Waals surface area contributed by atoms with E-state index in [1.54, 1.807) is 12.3 Å². The minimum Gasteiger partial charge on any atom is -0.378 e. The van der Waals surface area contributed by atoms with E-state index in [1.165, 1.54) is 11.1 Å². The van der Waals surface area contributed by atoms with E-state index in [-0.39, 0.29) is 18.5 Å². The molecule has 1 aliphatic heterocycles. The van der Waals surface area contributed by atoms with Gasteiger partial charge in [0.15, 0.2) is 0 Å². The van der Waals surface area contributed by atoms with Gasteiger partial charge >= 0.3 is 12.2 Å². The Morgan fingerprint density at radius 2 is 2.26 bits per heavy atom. The molecule has 144 valence electrons. The summed E-state index contributed by atoms with van der Waals surface area (Å²) in [5, 5.41) is 15.4. The van der Waals surface area contributed by atoms with Crippen LogP contribution in [0.2, 0.25) is 0 Å². The van der Waals surface area contributed by atoms with Gasteiger partial charge in [-0.2, -0.15) is 18.4 Å². The first-order chi connectivity index (χ1) is 12.8. The van der Waals surface area contributed by atoms with Crippen LogP contribution in [0.1, 0.15) is 18.9 Å². The summed E-state index contributed by atoms with van der Waals surface area (Å²) in [5.74, 6) is 0.0512. The van der Waals surface area contributed by atoms with E-state index >= 15 is 0 Å². The second-order valence-electron chi connectivity index (χ2n) is 6.50. The van der Waals surface area contributed by atoms with Crippen molar-refractivity contribution in [2.45, 2.75) is 25.6 Å². The molecular formula is C17H19F3N6O. The van der Waals surface area contributed by atoms with Gasteiger partial charge in [0.25, 0.3) is 0 Å². The lowest BCUT2D eigenvalue weighted by molar-refractivity contribution is -0.123. The average Bonchev–Trinajstić information content (AvgIpc) is 3.26. The van der Waals surface area contributed by atoms with Crippen molar-refractivity contribution in [2.75, 3.05) is 25.0 Å². The van der Waals surface area contributed by atoms with Crippen LogP contribution in [0.25, 0.3) is 11.0 Å². The van der Waals surface area contributed by atoms with Gasteiger partial charge in [-0.3, -0.25) is 0 Å². The Balaban J connectivity index is 1.76. The summed E-state index contributed by atoms with van der Waals surface area (Å²) >= 11 is 0. The fraction of sp³-hybridized carbons (Fsp3) is 0.471. The standard InChI is InChI=1S/C17H19F3N6O/c1-2-10-7-26(16(27)24-9-17(18,19)20)8-13(10)25-14-11(5-21)6-23-15-12(14)3-4-22-15/h3-4,6,10,13H,2,7-9H2,1H3,(H,24,27)(H2,22,23,25)/t10-,13?/m1/s1. The third-order valence-electron chi connectivity index (χ3n) is 4.73. The largest absolute Gasteiger partial charge is 0.405 e. The van der Waals surface area contributed by atoms with Gasteiger partial charge in [0.1, 0.15) is 18.3 Å². The number of amides is 2. The lowest BCUT2D eigenvalue weighted by atomic mass is 10.00. The average molecular weight is 380 g/mol. The zero-order chi connectivity index (χ0) is 19.6. The van der Waals surface area contributed by atoms with Gasteiger partial charge in [0.05, 0.1) is 11.3 Å².